The Hall–Kier alpha value is -3.31. The fraction of sp³-hybridized carbons (Fsp3) is 0.560. The number of likely N-dealkylation sites (tertiary alicyclic amines) is 1. The molecule has 2 fully saturated rings. The summed E-state index contributed by atoms with van der Waals surface area (Å²) in [4.78, 5) is 47.0. The minimum Gasteiger partial charge on any atom is -0.394 e. The van der Waals surface area contributed by atoms with Gasteiger partial charge in [0.15, 0.2) is 0 Å². The number of piperidine rings is 1. The van der Waals surface area contributed by atoms with Crippen LogP contribution in [0.3, 0.4) is 0 Å². The third kappa shape index (κ3) is 4.60. The van der Waals surface area contributed by atoms with E-state index in [-0.39, 0.29) is 41.9 Å². The molecule has 36 heavy (non-hydrogen) atoms. The molecule has 1 unspecified atom stereocenters. The third-order valence-corrected chi connectivity index (χ3v) is 7.40. The number of amides is 2. The molecule has 3 aromatic rings. The number of nitrogens with one attached hydrogen (secondary N) is 2. The average molecular weight is 497 g/mol. The second kappa shape index (κ2) is 9.98. The van der Waals surface area contributed by atoms with Gasteiger partial charge in [-0.3, -0.25) is 14.4 Å². The van der Waals surface area contributed by atoms with Gasteiger partial charge in [-0.15, -0.1) is 5.10 Å². The van der Waals surface area contributed by atoms with Crippen molar-refractivity contribution in [2.75, 3.05) is 26.3 Å². The number of carbonyl (C=O) groups excluding carboxylic acids is 2. The number of nitrogens with zero attached hydrogens (tertiary/aromatic N) is 4. The Balaban J connectivity index is 1.22. The predicted octanol–water partition coefficient (Wildman–Crippen LogP) is 1.25. The van der Waals surface area contributed by atoms with Gasteiger partial charge in [0.1, 0.15) is 0 Å². The lowest BCUT2D eigenvalue weighted by molar-refractivity contribution is -0.126. The number of H-pyrrole nitrogens is 1. The zero-order valence-corrected chi connectivity index (χ0v) is 20.4. The van der Waals surface area contributed by atoms with E-state index in [4.69, 9.17) is 4.74 Å². The van der Waals surface area contributed by atoms with Gasteiger partial charge in [0.25, 0.3) is 11.5 Å². The van der Waals surface area contributed by atoms with Crippen molar-refractivity contribution in [3.05, 3.63) is 40.4 Å². The molecule has 2 amide bonds. The summed E-state index contributed by atoms with van der Waals surface area (Å²) in [6.07, 6.45) is 4.53. The number of hydrogen-bond donors (Lipinski definition) is 3. The van der Waals surface area contributed by atoms with Crippen LogP contribution in [0.4, 0.5) is 0 Å². The zero-order valence-electron chi connectivity index (χ0n) is 20.4. The molecule has 192 valence electrons. The maximum Gasteiger partial charge on any atom is 0.293 e. The summed E-state index contributed by atoms with van der Waals surface area (Å²) in [6.45, 7) is 3.26. The Bertz CT molecular complexity index is 1330. The molecule has 1 aromatic carbocycles. The fourth-order valence-electron chi connectivity index (χ4n) is 5.26. The number of unbranched alkanes of at least 4 members (excludes halogenated alkanes) is 1. The van der Waals surface area contributed by atoms with Gasteiger partial charge in [0.2, 0.25) is 17.4 Å². The number of rotatable bonds is 7. The van der Waals surface area contributed by atoms with Crippen LogP contribution in [-0.4, -0.2) is 79.3 Å². The molecule has 11 heteroatoms. The molecule has 2 aromatic heterocycles. The summed E-state index contributed by atoms with van der Waals surface area (Å²) in [6, 6.07) is 7.00. The lowest BCUT2D eigenvalue weighted by atomic mass is 9.85. The number of fused-ring (bicyclic) bond motifs is 3. The van der Waals surface area contributed by atoms with E-state index in [1.54, 1.807) is 11.0 Å². The number of benzene rings is 1. The normalized spacial score (nSPS) is 20.3. The van der Waals surface area contributed by atoms with Crippen LogP contribution in [0.5, 0.6) is 0 Å². The van der Waals surface area contributed by atoms with Gasteiger partial charge in [-0.05, 0) is 37.8 Å². The van der Waals surface area contributed by atoms with Gasteiger partial charge in [-0.1, -0.05) is 31.9 Å². The minimum absolute atomic E-state index is 0.0143. The van der Waals surface area contributed by atoms with Crippen LogP contribution in [0.1, 0.15) is 56.1 Å². The van der Waals surface area contributed by atoms with E-state index < -0.39 is 11.2 Å². The van der Waals surface area contributed by atoms with E-state index >= 15 is 0 Å². The molecule has 4 heterocycles. The summed E-state index contributed by atoms with van der Waals surface area (Å²) >= 11 is 0. The van der Waals surface area contributed by atoms with Gasteiger partial charge in [0, 0.05) is 13.1 Å². The molecule has 2 aliphatic heterocycles. The molecule has 0 aliphatic carbocycles. The number of aliphatic hydroxyl groups excluding tert-OH is 1. The summed E-state index contributed by atoms with van der Waals surface area (Å²) in [5, 5.41) is 16.9. The van der Waals surface area contributed by atoms with Crippen LogP contribution < -0.4 is 10.9 Å². The van der Waals surface area contributed by atoms with Crippen molar-refractivity contribution in [2.45, 2.75) is 57.1 Å². The molecule has 2 aliphatic rings. The Kier molecular flexibility index (Phi) is 6.76. The van der Waals surface area contributed by atoms with E-state index in [1.165, 1.54) is 4.52 Å². The molecule has 1 spiro atoms. The van der Waals surface area contributed by atoms with Crippen molar-refractivity contribution < 1.29 is 19.4 Å². The smallest absolute Gasteiger partial charge is 0.293 e. The highest BCUT2D eigenvalue weighted by molar-refractivity contribution is 5.91. The molecule has 0 saturated carbocycles. The second-order valence-electron chi connectivity index (χ2n) is 9.86. The Morgan fingerprint density at radius 3 is 2.83 bits per heavy atom. The van der Waals surface area contributed by atoms with E-state index in [0.29, 0.717) is 50.0 Å². The first-order chi connectivity index (χ1) is 17.4. The number of aromatic amines is 1. The van der Waals surface area contributed by atoms with E-state index in [0.717, 1.165) is 19.3 Å². The first-order valence-electron chi connectivity index (χ1n) is 12.7. The van der Waals surface area contributed by atoms with Crippen molar-refractivity contribution in [3.8, 4) is 0 Å². The van der Waals surface area contributed by atoms with Gasteiger partial charge in [-0.25, -0.2) is 4.52 Å². The maximum absolute atomic E-state index is 13.2. The number of aromatic nitrogens is 4. The number of ether oxygens (including phenoxy) is 1. The van der Waals surface area contributed by atoms with Crippen LogP contribution >= 0.6 is 0 Å². The summed E-state index contributed by atoms with van der Waals surface area (Å²) in [7, 11) is 0. The Morgan fingerprint density at radius 1 is 1.31 bits per heavy atom. The summed E-state index contributed by atoms with van der Waals surface area (Å²) < 4.78 is 7.53. The standard InChI is InChI=1S/C25H32N6O5/c1-2-3-6-17(14-32)26-22(33)16-13-25(36-15-16)9-11-30(12-10-25)24(35)20-28-21-23(34)27-18-7-4-5-8-19(18)31(21)29-20/h4-5,7-8,16-17,32H,2-3,6,9-15H2,1H3,(H,26,33)(H,27,34)/t16-,17?/m0/s1. The fourth-order valence-corrected chi connectivity index (χ4v) is 5.26. The monoisotopic (exact) mass is 496 g/mol. The van der Waals surface area contributed by atoms with Crippen molar-refractivity contribution in [1.29, 1.82) is 0 Å². The quantitative estimate of drug-likeness (QED) is 0.447. The SMILES string of the molecule is CCCCC(CO)NC(=O)[C@@H]1COC2(CCN(C(=O)c3nc4c(=O)[nH]c5ccccc5n4n3)CC2)C1. The van der Waals surface area contributed by atoms with E-state index in [2.05, 4.69) is 27.3 Å². The maximum atomic E-state index is 13.2. The molecular formula is C25H32N6O5. The molecule has 3 N–H and O–H groups in total. The van der Waals surface area contributed by atoms with Crippen LogP contribution in [0.2, 0.25) is 0 Å². The van der Waals surface area contributed by atoms with Gasteiger partial charge in [-0.2, -0.15) is 4.98 Å². The topological polar surface area (TPSA) is 142 Å². The molecule has 0 radical (unpaired) electrons. The highest BCUT2D eigenvalue weighted by atomic mass is 16.5. The van der Waals surface area contributed by atoms with Crippen LogP contribution in [0.25, 0.3) is 16.7 Å². The van der Waals surface area contributed by atoms with Crippen molar-refractivity contribution >= 4 is 28.5 Å². The first kappa shape index (κ1) is 24.4. The van der Waals surface area contributed by atoms with Gasteiger partial charge >= 0.3 is 0 Å². The van der Waals surface area contributed by atoms with E-state index in [9.17, 15) is 19.5 Å². The largest absolute Gasteiger partial charge is 0.394 e. The van der Waals surface area contributed by atoms with Crippen molar-refractivity contribution in [1.82, 2.24) is 29.8 Å². The second-order valence-corrected chi connectivity index (χ2v) is 9.86. The van der Waals surface area contributed by atoms with Crippen molar-refractivity contribution in [2.24, 2.45) is 5.92 Å². The number of carbonyl (C=O) groups is 2. The highest BCUT2D eigenvalue weighted by Gasteiger charge is 2.46. The molecule has 0 bridgehead atoms. The molecular weight excluding hydrogens is 464 g/mol. The Labute approximate surface area is 207 Å². The zero-order chi connectivity index (χ0) is 25.3. The predicted molar refractivity (Wildman–Crippen MR) is 132 cm³/mol. The first-order valence-corrected chi connectivity index (χ1v) is 12.7. The third-order valence-electron chi connectivity index (χ3n) is 7.40. The Morgan fingerprint density at radius 2 is 2.08 bits per heavy atom. The van der Waals surface area contributed by atoms with Crippen LogP contribution in [-0.2, 0) is 9.53 Å². The number of hydrogen-bond acceptors (Lipinski definition) is 7. The van der Waals surface area contributed by atoms with Gasteiger partial charge < -0.3 is 25.0 Å². The van der Waals surface area contributed by atoms with Crippen molar-refractivity contribution in [3.63, 3.8) is 0 Å². The number of aliphatic hydroxyl groups is 1. The lowest BCUT2D eigenvalue weighted by Gasteiger charge is -2.38. The molecule has 2 saturated heterocycles. The van der Waals surface area contributed by atoms with Gasteiger partial charge in [0.05, 0.1) is 41.8 Å². The summed E-state index contributed by atoms with van der Waals surface area (Å²) in [5.41, 5.74) is 0.527. The molecule has 2 atom stereocenters. The van der Waals surface area contributed by atoms with Crippen LogP contribution in [0, 0.1) is 5.92 Å². The van der Waals surface area contributed by atoms with Crippen LogP contribution in [0.15, 0.2) is 29.1 Å². The average Bonchev–Trinajstić information content (AvgIpc) is 3.53. The highest BCUT2D eigenvalue weighted by Crippen LogP contribution is 2.39. The minimum atomic E-state index is -0.434. The summed E-state index contributed by atoms with van der Waals surface area (Å²) in [5.74, 6) is -0.680. The molecule has 11 nitrogen and oxygen atoms in total. The molecule has 5 rings (SSSR count). The lowest BCUT2D eigenvalue weighted by Crippen LogP contribution is -2.47. The van der Waals surface area contributed by atoms with E-state index in [1.807, 2.05) is 18.2 Å². The number of para-hydroxylation sites is 2.